The lowest BCUT2D eigenvalue weighted by Gasteiger charge is -2.28. The van der Waals surface area contributed by atoms with Crippen molar-refractivity contribution in [2.45, 2.75) is 38.5 Å². The van der Waals surface area contributed by atoms with E-state index in [0.717, 1.165) is 0 Å². The minimum atomic E-state index is -0.0975. The summed E-state index contributed by atoms with van der Waals surface area (Å²) in [5.41, 5.74) is 13.6. The fourth-order valence-corrected chi connectivity index (χ4v) is 8.52. The van der Waals surface area contributed by atoms with Gasteiger partial charge in [-0.2, -0.15) is 0 Å². The molecule has 0 atom stereocenters. The Bertz CT molecular complexity index is 2320. The van der Waals surface area contributed by atoms with E-state index >= 15 is 0 Å². The molecule has 0 unspecified atom stereocenters. The average molecular weight is 563 g/mol. The van der Waals surface area contributed by atoms with Crippen LogP contribution in [0.1, 0.15) is 55.5 Å². The van der Waals surface area contributed by atoms with Crippen LogP contribution < -0.4 is 0 Å². The van der Waals surface area contributed by atoms with Gasteiger partial charge in [0.15, 0.2) is 0 Å². The molecule has 0 aromatic heterocycles. The van der Waals surface area contributed by atoms with Crippen LogP contribution >= 0.6 is 0 Å². The molecule has 0 nitrogen and oxygen atoms in total. The number of allylic oxidation sites excluding steroid dienone is 1. The van der Waals surface area contributed by atoms with Gasteiger partial charge < -0.3 is 0 Å². The van der Waals surface area contributed by atoms with Gasteiger partial charge in [-0.1, -0.05) is 149 Å². The van der Waals surface area contributed by atoms with Gasteiger partial charge in [-0.3, -0.25) is 0 Å². The maximum atomic E-state index is 2.53. The van der Waals surface area contributed by atoms with E-state index in [-0.39, 0.29) is 10.8 Å². The van der Waals surface area contributed by atoms with E-state index in [4.69, 9.17) is 0 Å². The lowest BCUT2D eigenvalue weighted by molar-refractivity contribution is 0.661. The second-order valence-electron chi connectivity index (χ2n) is 13.7. The first-order valence-corrected chi connectivity index (χ1v) is 15.8. The molecular formula is C44H34. The molecule has 0 saturated carbocycles. The molecule has 0 N–H and O–H groups in total. The molecule has 0 radical (unpaired) electrons. The summed E-state index contributed by atoms with van der Waals surface area (Å²) in [7, 11) is 0. The Labute approximate surface area is 259 Å². The van der Waals surface area contributed by atoms with Gasteiger partial charge in [0.2, 0.25) is 0 Å². The standard InChI is InChI=1S/C44H34/c1-43(2)36-23-13-5-15-27(36)25-38(43)41-32-20-10-8-18-30(32)40(31-19-9-11-21-33(31)41)35-26-39-42(29-17-7-6-16-28(29)35)34-22-12-14-24-37(34)44(39,3)4/h5-26H,1-4H3. The van der Waals surface area contributed by atoms with Crippen molar-refractivity contribution in [2.24, 2.45) is 0 Å². The zero-order valence-corrected chi connectivity index (χ0v) is 25.7. The Morgan fingerprint density at radius 2 is 0.841 bits per heavy atom. The van der Waals surface area contributed by atoms with Crippen LogP contribution in [0.2, 0.25) is 0 Å². The first-order chi connectivity index (χ1) is 21.4. The van der Waals surface area contributed by atoms with Crippen molar-refractivity contribution in [1.29, 1.82) is 0 Å². The Hall–Kier alpha value is -4.94. The number of benzene rings is 7. The molecule has 0 bridgehead atoms. The summed E-state index contributed by atoms with van der Waals surface area (Å²) < 4.78 is 0. The van der Waals surface area contributed by atoms with Gasteiger partial charge in [-0.05, 0) is 100 Å². The molecule has 0 spiro atoms. The van der Waals surface area contributed by atoms with Gasteiger partial charge in [0.25, 0.3) is 0 Å². The monoisotopic (exact) mass is 562 g/mol. The summed E-state index contributed by atoms with van der Waals surface area (Å²) in [4.78, 5) is 0. The van der Waals surface area contributed by atoms with E-state index in [0.29, 0.717) is 0 Å². The van der Waals surface area contributed by atoms with Crippen molar-refractivity contribution in [2.75, 3.05) is 0 Å². The second-order valence-corrected chi connectivity index (χ2v) is 13.7. The molecule has 0 aliphatic heterocycles. The third-order valence-corrected chi connectivity index (χ3v) is 10.7. The van der Waals surface area contributed by atoms with Crippen molar-refractivity contribution in [3.63, 3.8) is 0 Å². The zero-order valence-electron chi connectivity index (χ0n) is 25.7. The Morgan fingerprint density at radius 3 is 1.45 bits per heavy atom. The van der Waals surface area contributed by atoms with Crippen LogP contribution in [-0.2, 0) is 10.8 Å². The van der Waals surface area contributed by atoms with E-state index in [9.17, 15) is 0 Å². The molecular weight excluding hydrogens is 528 g/mol. The van der Waals surface area contributed by atoms with Crippen LogP contribution in [0.4, 0.5) is 0 Å². The Balaban J connectivity index is 1.43. The van der Waals surface area contributed by atoms with Crippen LogP contribution in [0, 0.1) is 0 Å². The fraction of sp³-hybridized carbons (Fsp3) is 0.136. The largest absolute Gasteiger partial charge is 0.0619 e. The SMILES string of the molecule is CC1(C)C(c2c3ccccc3c(-c3cc4c(c5ccccc35)-c3ccccc3C4(C)C)c3ccccc23)=Cc2ccccc21. The Morgan fingerprint density at radius 1 is 0.364 bits per heavy atom. The van der Waals surface area contributed by atoms with Crippen LogP contribution in [0.25, 0.3) is 66.2 Å². The molecule has 2 aliphatic carbocycles. The van der Waals surface area contributed by atoms with E-state index in [2.05, 4.69) is 161 Å². The van der Waals surface area contributed by atoms with Crippen LogP contribution in [-0.4, -0.2) is 0 Å². The van der Waals surface area contributed by atoms with E-state index < -0.39 is 0 Å². The molecule has 0 fully saturated rings. The van der Waals surface area contributed by atoms with Crippen molar-refractivity contribution < 1.29 is 0 Å². The molecule has 9 rings (SSSR count). The summed E-state index contributed by atoms with van der Waals surface area (Å²) in [6.45, 7) is 9.55. The van der Waals surface area contributed by atoms with E-state index in [1.807, 2.05) is 0 Å². The van der Waals surface area contributed by atoms with E-state index in [1.165, 1.54) is 88.0 Å². The minimum Gasteiger partial charge on any atom is -0.0619 e. The molecule has 0 heteroatoms. The van der Waals surface area contributed by atoms with Crippen molar-refractivity contribution in [3.8, 4) is 22.3 Å². The van der Waals surface area contributed by atoms with Gasteiger partial charge in [0, 0.05) is 10.8 Å². The Kier molecular flexibility index (Phi) is 5.11. The van der Waals surface area contributed by atoms with Crippen molar-refractivity contribution in [3.05, 3.63) is 155 Å². The molecule has 0 saturated heterocycles. The molecule has 210 valence electrons. The van der Waals surface area contributed by atoms with Crippen molar-refractivity contribution in [1.82, 2.24) is 0 Å². The number of hydrogen-bond acceptors (Lipinski definition) is 0. The summed E-state index contributed by atoms with van der Waals surface area (Å²) >= 11 is 0. The average Bonchev–Trinajstić information content (AvgIpc) is 3.45. The maximum absolute atomic E-state index is 2.53. The molecule has 0 amide bonds. The molecule has 2 aliphatic rings. The lowest BCUT2D eigenvalue weighted by Crippen LogP contribution is -2.17. The first-order valence-electron chi connectivity index (χ1n) is 15.8. The molecule has 0 heterocycles. The topological polar surface area (TPSA) is 0 Å². The van der Waals surface area contributed by atoms with E-state index in [1.54, 1.807) is 0 Å². The molecule has 44 heavy (non-hydrogen) atoms. The quantitative estimate of drug-likeness (QED) is 0.184. The van der Waals surface area contributed by atoms with Gasteiger partial charge in [-0.25, -0.2) is 0 Å². The van der Waals surface area contributed by atoms with Gasteiger partial charge in [0.1, 0.15) is 0 Å². The third-order valence-electron chi connectivity index (χ3n) is 10.7. The summed E-state index contributed by atoms with van der Waals surface area (Å²) in [6, 6.07) is 47.7. The summed E-state index contributed by atoms with van der Waals surface area (Å²) in [5.74, 6) is 0. The summed E-state index contributed by atoms with van der Waals surface area (Å²) in [5, 5.41) is 7.92. The highest BCUT2D eigenvalue weighted by molar-refractivity contribution is 6.24. The molecule has 7 aromatic carbocycles. The normalized spacial score (nSPS) is 15.8. The highest BCUT2D eigenvalue weighted by Gasteiger charge is 2.38. The van der Waals surface area contributed by atoms with Crippen LogP contribution in [0.3, 0.4) is 0 Å². The van der Waals surface area contributed by atoms with Crippen molar-refractivity contribution >= 4 is 44.0 Å². The fourth-order valence-electron chi connectivity index (χ4n) is 8.52. The third kappa shape index (κ3) is 3.23. The lowest BCUT2D eigenvalue weighted by atomic mass is 9.74. The van der Waals surface area contributed by atoms with Crippen LogP contribution in [0.5, 0.6) is 0 Å². The van der Waals surface area contributed by atoms with Gasteiger partial charge in [0.05, 0.1) is 0 Å². The predicted molar refractivity (Wildman–Crippen MR) is 189 cm³/mol. The minimum absolute atomic E-state index is 0.0826. The number of fused-ring (bicyclic) bond motifs is 8. The highest BCUT2D eigenvalue weighted by Crippen LogP contribution is 2.56. The number of rotatable bonds is 2. The smallest absolute Gasteiger partial charge is 0.0159 e. The van der Waals surface area contributed by atoms with Crippen LogP contribution in [0.15, 0.2) is 127 Å². The first kappa shape index (κ1) is 25.5. The maximum Gasteiger partial charge on any atom is 0.0159 e. The zero-order chi connectivity index (χ0) is 29.8. The summed E-state index contributed by atoms with van der Waals surface area (Å²) in [6.07, 6.45) is 2.44. The highest BCUT2D eigenvalue weighted by atomic mass is 14.4. The molecule has 7 aromatic rings. The second kappa shape index (κ2) is 8.80. The van der Waals surface area contributed by atoms with Gasteiger partial charge >= 0.3 is 0 Å². The number of hydrogen-bond donors (Lipinski definition) is 0. The van der Waals surface area contributed by atoms with Gasteiger partial charge in [-0.15, -0.1) is 0 Å². The predicted octanol–water partition coefficient (Wildman–Crippen LogP) is 12.0.